The summed E-state index contributed by atoms with van der Waals surface area (Å²) in [6, 6.07) is 22.4. The highest BCUT2D eigenvalue weighted by atomic mass is 19.1. The zero-order valence-corrected chi connectivity index (χ0v) is 21.9. The van der Waals surface area contributed by atoms with Crippen LogP contribution in [0.1, 0.15) is 53.0 Å². The van der Waals surface area contributed by atoms with Crippen LogP contribution in [-0.2, 0) is 19.6 Å². The maximum atomic E-state index is 13.7. The van der Waals surface area contributed by atoms with Gasteiger partial charge in [-0.05, 0) is 88.7 Å². The largest absolute Gasteiger partial charge is 0.322 e. The van der Waals surface area contributed by atoms with Crippen molar-refractivity contribution in [1.82, 2.24) is 30.1 Å². The Labute approximate surface area is 220 Å². The number of hydrogen-bond donors (Lipinski definition) is 1. The summed E-state index contributed by atoms with van der Waals surface area (Å²) in [4.78, 5) is 18.4. The van der Waals surface area contributed by atoms with Crippen molar-refractivity contribution < 1.29 is 4.39 Å². The third kappa shape index (κ3) is 5.55. The van der Waals surface area contributed by atoms with Gasteiger partial charge in [0, 0.05) is 24.2 Å². The van der Waals surface area contributed by atoms with Crippen LogP contribution < -0.4 is 5.56 Å². The molecule has 1 unspecified atom stereocenters. The van der Waals surface area contributed by atoms with E-state index in [0.29, 0.717) is 25.2 Å². The van der Waals surface area contributed by atoms with Crippen LogP contribution in [0.5, 0.6) is 0 Å². The molecule has 0 spiro atoms. The van der Waals surface area contributed by atoms with E-state index in [-0.39, 0.29) is 17.4 Å². The van der Waals surface area contributed by atoms with Crippen LogP contribution in [0.3, 0.4) is 0 Å². The van der Waals surface area contributed by atoms with Crippen LogP contribution in [0.2, 0.25) is 0 Å². The SMILES string of the molecule is CCC(c1nnnn1Cc1ccccc1)N(Cc1ccc(F)cc1)Cc1cc2cc(C)c(C)cc2[nH]c1=O. The number of rotatable bonds is 9. The molecule has 2 heterocycles. The maximum absolute atomic E-state index is 13.7. The third-order valence-corrected chi connectivity index (χ3v) is 7.07. The van der Waals surface area contributed by atoms with Gasteiger partial charge in [0.05, 0.1) is 12.6 Å². The minimum Gasteiger partial charge on any atom is -0.322 e. The number of hydrogen-bond acceptors (Lipinski definition) is 5. The first kappa shape index (κ1) is 25.5. The van der Waals surface area contributed by atoms with E-state index in [1.807, 2.05) is 54.1 Å². The number of nitrogens with zero attached hydrogens (tertiary/aromatic N) is 5. The smallest absolute Gasteiger partial charge is 0.252 e. The fraction of sp³-hybridized carbons (Fsp3) is 0.267. The van der Waals surface area contributed by atoms with Gasteiger partial charge in [0.1, 0.15) is 5.82 Å². The predicted molar refractivity (Wildman–Crippen MR) is 146 cm³/mol. The monoisotopic (exact) mass is 510 g/mol. The fourth-order valence-electron chi connectivity index (χ4n) is 4.88. The number of fused-ring (bicyclic) bond motifs is 1. The van der Waals surface area contributed by atoms with Gasteiger partial charge < -0.3 is 4.98 Å². The first-order valence-electron chi connectivity index (χ1n) is 12.8. The van der Waals surface area contributed by atoms with E-state index < -0.39 is 0 Å². The summed E-state index contributed by atoms with van der Waals surface area (Å²) in [6.45, 7) is 7.62. The highest BCUT2D eigenvalue weighted by molar-refractivity contribution is 5.80. The fourth-order valence-corrected chi connectivity index (χ4v) is 4.88. The van der Waals surface area contributed by atoms with Crippen LogP contribution >= 0.6 is 0 Å². The van der Waals surface area contributed by atoms with E-state index in [1.54, 1.807) is 12.1 Å². The number of H-pyrrole nitrogens is 1. The Morgan fingerprint density at radius 2 is 1.68 bits per heavy atom. The Kier molecular flexibility index (Phi) is 7.42. The molecule has 5 aromatic rings. The van der Waals surface area contributed by atoms with E-state index in [1.165, 1.54) is 17.7 Å². The molecule has 2 aromatic heterocycles. The molecule has 7 nitrogen and oxygen atoms in total. The number of pyridine rings is 1. The lowest BCUT2D eigenvalue weighted by atomic mass is 10.0. The number of halogens is 1. The lowest BCUT2D eigenvalue weighted by Gasteiger charge is -2.30. The quantitative estimate of drug-likeness (QED) is 0.284. The summed E-state index contributed by atoms with van der Waals surface area (Å²) in [5.74, 6) is 0.443. The first-order valence-corrected chi connectivity index (χ1v) is 12.8. The zero-order valence-electron chi connectivity index (χ0n) is 21.9. The standard InChI is InChI=1S/C30H31FN6O/c1-4-28(29-33-34-35-37(29)18-22-8-6-5-7-9-22)36(17-23-10-12-26(31)13-11-23)19-25-16-24-14-20(2)21(3)15-27(24)32-30(25)38/h5-16,28H,4,17-19H2,1-3H3,(H,32,38). The van der Waals surface area contributed by atoms with Gasteiger partial charge in [-0.15, -0.1) is 5.10 Å². The number of benzene rings is 3. The van der Waals surface area contributed by atoms with Gasteiger partial charge in [-0.3, -0.25) is 9.69 Å². The highest BCUT2D eigenvalue weighted by Crippen LogP contribution is 2.27. The second kappa shape index (κ2) is 11.1. The molecule has 0 fully saturated rings. The molecule has 5 rings (SSSR count). The molecule has 38 heavy (non-hydrogen) atoms. The Hall–Kier alpha value is -4.17. The van der Waals surface area contributed by atoms with E-state index >= 15 is 0 Å². The summed E-state index contributed by atoms with van der Waals surface area (Å²) in [7, 11) is 0. The minimum absolute atomic E-state index is 0.122. The third-order valence-electron chi connectivity index (χ3n) is 7.07. The topological polar surface area (TPSA) is 79.7 Å². The Morgan fingerprint density at radius 3 is 2.42 bits per heavy atom. The van der Waals surface area contributed by atoms with Crippen LogP contribution in [0.15, 0.2) is 77.6 Å². The van der Waals surface area contributed by atoms with Crippen molar-refractivity contribution >= 4 is 10.9 Å². The molecule has 0 amide bonds. The highest BCUT2D eigenvalue weighted by Gasteiger charge is 2.26. The average molecular weight is 511 g/mol. The van der Waals surface area contributed by atoms with Crippen molar-refractivity contribution in [2.45, 2.75) is 52.9 Å². The summed E-state index contributed by atoms with van der Waals surface area (Å²) < 4.78 is 15.5. The van der Waals surface area contributed by atoms with Crippen LogP contribution in [0.25, 0.3) is 10.9 Å². The molecule has 0 saturated heterocycles. The second-order valence-corrected chi connectivity index (χ2v) is 9.78. The lowest BCUT2D eigenvalue weighted by Crippen LogP contribution is -2.32. The van der Waals surface area contributed by atoms with Gasteiger partial charge in [-0.2, -0.15) is 0 Å². The van der Waals surface area contributed by atoms with Gasteiger partial charge in [-0.25, -0.2) is 9.07 Å². The summed E-state index contributed by atoms with van der Waals surface area (Å²) in [5, 5.41) is 13.7. The number of aryl methyl sites for hydroxylation is 2. The Bertz CT molecular complexity index is 1590. The van der Waals surface area contributed by atoms with E-state index in [9.17, 15) is 9.18 Å². The zero-order chi connectivity index (χ0) is 26.6. The van der Waals surface area contributed by atoms with Crippen molar-refractivity contribution in [2.75, 3.05) is 0 Å². The normalized spacial score (nSPS) is 12.3. The molecule has 1 atom stereocenters. The van der Waals surface area contributed by atoms with Crippen molar-refractivity contribution in [2.24, 2.45) is 0 Å². The van der Waals surface area contributed by atoms with E-state index in [2.05, 4.69) is 45.3 Å². The van der Waals surface area contributed by atoms with Crippen LogP contribution in [0.4, 0.5) is 4.39 Å². The molecule has 1 N–H and O–H groups in total. The molecular weight excluding hydrogens is 479 g/mol. The first-order chi connectivity index (χ1) is 18.4. The molecule has 3 aromatic carbocycles. The molecule has 0 aliphatic rings. The maximum Gasteiger partial charge on any atom is 0.252 e. The van der Waals surface area contributed by atoms with Gasteiger partial charge in [0.15, 0.2) is 5.82 Å². The van der Waals surface area contributed by atoms with E-state index in [0.717, 1.165) is 39.8 Å². The average Bonchev–Trinajstić information content (AvgIpc) is 3.35. The number of aromatic nitrogens is 5. The number of nitrogens with one attached hydrogen (secondary N) is 1. The molecule has 0 bridgehead atoms. The molecule has 194 valence electrons. The summed E-state index contributed by atoms with van der Waals surface area (Å²) in [6.07, 6.45) is 0.722. The Morgan fingerprint density at radius 1 is 0.947 bits per heavy atom. The number of tetrazole rings is 1. The van der Waals surface area contributed by atoms with E-state index in [4.69, 9.17) is 0 Å². The lowest BCUT2D eigenvalue weighted by molar-refractivity contribution is 0.161. The molecule has 0 aliphatic heterocycles. The predicted octanol–water partition coefficient (Wildman–Crippen LogP) is 5.47. The molecule has 8 heteroatoms. The second-order valence-electron chi connectivity index (χ2n) is 9.78. The van der Waals surface area contributed by atoms with Gasteiger partial charge in [0.2, 0.25) is 0 Å². The molecule has 0 radical (unpaired) electrons. The molecule has 0 aliphatic carbocycles. The van der Waals surface area contributed by atoms with Gasteiger partial charge >= 0.3 is 0 Å². The molecular formula is C30H31FN6O. The summed E-state index contributed by atoms with van der Waals surface area (Å²) in [5.41, 5.74) is 5.70. The van der Waals surface area contributed by atoms with Crippen molar-refractivity contribution in [1.29, 1.82) is 0 Å². The summed E-state index contributed by atoms with van der Waals surface area (Å²) >= 11 is 0. The van der Waals surface area contributed by atoms with Crippen LogP contribution in [0, 0.1) is 19.7 Å². The van der Waals surface area contributed by atoms with Gasteiger partial charge in [-0.1, -0.05) is 49.4 Å². The number of aromatic amines is 1. The van der Waals surface area contributed by atoms with Crippen molar-refractivity contribution in [3.8, 4) is 0 Å². The van der Waals surface area contributed by atoms with Gasteiger partial charge in [0.25, 0.3) is 5.56 Å². The molecule has 0 saturated carbocycles. The van der Waals surface area contributed by atoms with Crippen LogP contribution in [-0.4, -0.2) is 30.1 Å². The van der Waals surface area contributed by atoms with Crippen molar-refractivity contribution in [3.63, 3.8) is 0 Å². The Balaban J connectivity index is 1.53. The van der Waals surface area contributed by atoms with Crippen molar-refractivity contribution in [3.05, 3.63) is 123 Å². The minimum atomic E-state index is -0.282.